The molecular formula is C18H21F2N. The first-order valence-corrected chi connectivity index (χ1v) is 7.36. The van der Waals surface area contributed by atoms with E-state index in [4.69, 9.17) is 0 Å². The molecule has 112 valence electrons. The molecule has 0 heterocycles. The van der Waals surface area contributed by atoms with Gasteiger partial charge >= 0.3 is 0 Å². The molecule has 21 heavy (non-hydrogen) atoms. The number of benzene rings is 2. The molecular weight excluding hydrogens is 268 g/mol. The highest BCUT2D eigenvalue weighted by molar-refractivity contribution is 5.25. The molecule has 2 aromatic carbocycles. The fourth-order valence-corrected chi connectivity index (χ4v) is 2.44. The van der Waals surface area contributed by atoms with E-state index in [9.17, 15) is 8.78 Å². The third-order valence-electron chi connectivity index (χ3n) is 3.53. The molecule has 1 atom stereocenters. The smallest absolute Gasteiger partial charge is 0.263 e. The Labute approximate surface area is 125 Å². The van der Waals surface area contributed by atoms with Gasteiger partial charge in [-0.05, 0) is 23.6 Å². The summed E-state index contributed by atoms with van der Waals surface area (Å²) in [4.78, 5) is 0. The number of hydrogen-bond donors (Lipinski definition) is 1. The van der Waals surface area contributed by atoms with Gasteiger partial charge in [0, 0.05) is 18.2 Å². The molecule has 0 saturated heterocycles. The van der Waals surface area contributed by atoms with Gasteiger partial charge < -0.3 is 5.32 Å². The lowest BCUT2D eigenvalue weighted by atomic mass is 10.0. The monoisotopic (exact) mass is 289 g/mol. The zero-order valence-corrected chi connectivity index (χ0v) is 12.2. The van der Waals surface area contributed by atoms with Crippen molar-refractivity contribution >= 4 is 0 Å². The topological polar surface area (TPSA) is 12.0 Å². The zero-order chi connectivity index (χ0) is 15.1. The highest BCUT2D eigenvalue weighted by atomic mass is 19.3. The van der Waals surface area contributed by atoms with Crippen LogP contribution in [-0.4, -0.2) is 0 Å². The Bertz CT molecular complexity index is 540. The summed E-state index contributed by atoms with van der Waals surface area (Å²) in [5.74, 6) is 0. The SMILES string of the molecule is CCCC(NCc1cccc(C(F)F)c1)c1ccccc1. The van der Waals surface area contributed by atoms with E-state index < -0.39 is 6.43 Å². The summed E-state index contributed by atoms with van der Waals surface area (Å²) in [6, 6.07) is 17.1. The van der Waals surface area contributed by atoms with E-state index in [1.165, 1.54) is 11.6 Å². The maximum absolute atomic E-state index is 12.7. The lowest BCUT2D eigenvalue weighted by Crippen LogP contribution is -2.20. The highest BCUT2D eigenvalue weighted by Crippen LogP contribution is 2.21. The first-order chi connectivity index (χ1) is 10.2. The summed E-state index contributed by atoms with van der Waals surface area (Å²) < 4.78 is 25.4. The van der Waals surface area contributed by atoms with Crippen molar-refractivity contribution < 1.29 is 8.78 Å². The maximum atomic E-state index is 12.7. The fourth-order valence-electron chi connectivity index (χ4n) is 2.44. The van der Waals surface area contributed by atoms with Crippen molar-refractivity contribution in [2.24, 2.45) is 0 Å². The van der Waals surface area contributed by atoms with Crippen LogP contribution in [0.15, 0.2) is 54.6 Å². The fraction of sp³-hybridized carbons (Fsp3) is 0.333. The predicted molar refractivity (Wildman–Crippen MR) is 82.3 cm³/mol. The first-order valence-electron chi connectivity index (χ1n) is 7.36. The Morgan fingerprint density at radius 3 is 2.33 bits per heavy atom. The number of rotatable bonds is 7. The van der Waals surface area contributed by atoms with Gasteiger partial charge in [0.1, 0.15) is 0 Å². The molecule has 0 aromatic heterocycles. The molecule has 0 saturated carbocycles. The van der Waals surface area contributed by atoms with Crippen molar-refractivity contribution in [2.45, 2.75) is 38.8 Å². The van der Waals surface area contributed by atoms with Gasteiger partial charge in [-0.2, -0.15) is 0 Å². The van der Waals surface area contributed by atoms with Gasteiger partial charge in [-0.25, -0.2) is 8.78 Å². The van der Waals surface area contributed by atoms with Gasteiger partial charge in [0.25, 0.3) is 6.43 Å². The summed E-state index contributed by atoms with van der Waals surface area (Å²) >= 11 is 0. The normalized spacial score (nSPS) is 12.6. The van der Waals surface area contributed by atoms with E-state index in [1.54, 1.807) is 12.1 Å². The quantitative estimate of drug-likeness (QED) is 0.733. The average Bonchev–Trinajstić information content (AvgIpc) is 2.52. The van der Waals surface area contributed by atoms with Crippen LogP contribution in [-0.2, 0) is 6.54 Å². The van der Waals surface area contributed by atoms with Crippen LogP contribution in [0.1, 0.15) is 48.9 Å². The molecule has 3 heteroatoms. The van der Waals surface area contributed by atoms with E-state index in [2.05, 4.69) is 24.4 Å². The van der Waals surface area contributed by atoms with Crippen LogP contribution in [0.25, 0.3) is 0 Å². The Balaban J connectivity index is 2.03. The lowest BCUT2D eigenvalue weighted by Gasteiger charge is -2.19. The molecule has 2 aromatic rings. The van der Waals surface area contributed by atoms with Crippen molar-refractivity contribution in [1.29, 1.82) is 0 Å². The van der Waals surface area contributed by atoms with E-state index in [0.29, 0.717) is 6.54 Å². The van der Waals surface area contributed by atoms with Crippen LogP contribution in [0.5, 0.6) is 0 Å². The van der Waals surface area contributed by atoms with Gasteiger partial charge in [0.15, 0.2) is 0 Å². The molecule has 0 amide bonds. The van der Waals surface area contributed by atoms with Crippen LogP contribution in [0.3, 0.4) is 0 Å². The second-order valence-electron chi connectivity index (χ2n) is 5.18. The van der Waals surface area contributed by atoms with Crippen molar-refractivity contribution in [1.82, 2.24) is 5.32 Å². The number of alkyl halides is 2. The third kappa shape index (κ3) is 4.64. The Hall–Kier alpha value is -1.74. The molecule has 1 N–H and O–H groups in total. The van der Waals surface area contributed by atoms with E-state index in [1.807, 2.05) is 24.3 Å². The predicted octanol–water partition coefficient (Wildman–Crippen LogP) is 5.26. The molecule has 1 unspecified atom stereocenters. The van der Waals surface area contributed by atoms with Crippen LogP contribution < -0.4 is 5.32 Å². The molecule has 0 fully saturated rings. The second kappa shape index (κ2) is 7.89. The highest BCUT2D eigenvalue weighted by Gasteiger charge is 2.11. The summed E-state index contributed by atoms with van der Waals surface area (Å²) in [6.07, 6.45) is -0.312. The van der Waals surface area contributed by atoms with Crippen molar-refractivity contribution in [3.8, 4) is 0 Å². The molecule has 0 aliphatic carbocycles. The van der Waals surface area contributed by atoms with Gasteiger partial charge in [-0.15, -0.1) is 0 Å². The standard InChI is InChI=1S/C18H21F2N/c1-2-7-17(15-9-4-3-5-10-15)21-13-14-8-6-11-16(12-14)18(19)20/h3-6,8-12,17-18,21H,2,7,13H2,1H3. The number of halogens is 2. The first kappa shape index (κ1) is 15.6. The second-order valence-corrected chi connectivity index (χ2v) is 5.18. The van der Waals surface area contributed by atoms with Crippen LogP contribution in [0, 0.1) is 0 Å². The van der Waals surface area contributed by atoms with Gasteiger partial charge in [0.2, 0.25) is 0 Å². The van der Waals surface area contributed by atoms with Crippen molar-refractivity contribution in [3.05, 3.63) is 71.3 Å². The van der Waals surface area contributed by atoms with Gasteiger partial charge in [0.05, 0.1) is 0 Å². The molecule has 0 spiro atoms. The summed E-state index contributed by atoms with van der Waals surface area (Å²) in [6.45, 7) is 2.75. The molecule has 0 radical (unpaired) electrons. The zero-order valence-electron chi connectivity index (χ0n) is 12.2. The average molecular weight is 289 g/mol. The largest absolute Gasteiger partial charge is 0.306 e. The van der Waals surface area contributed by atoms with Gasteiger partial charge in [-0.1, -0.05) is 61.9 Å². The van der Waals surface area contributed by atoms with Crippen LogP contribution in [0.4, 0.5) is 8.78 Å². The van der Waals surface area contributed by atoms with E-state index >= 15 is 0 Å². The Morgan fingerprint density at radius 2 is 1.67 bits per heavy atom. The Kier molecular flexibility index (Phi) is 5.88. The Morgan fingerprint density at radius 1 is 0.952 bits per heavy atom. The maximum Gasteiger partial charge on any atom is 0.263 e. The minimum Gasteiger partial charge on any atom is -0.306 e. The number of nitrogens with one attached hydrogen (secondary N) is 1. The summed E-state index contributed by atoms with van der Waals surface area (Å²) in [5.41, 5.74) is 2.22. The minimum atomic E-state index is -2.41. The van der Waals surface area contributed by atoms with Crippen molar-refractivity contribution in [2.75, 3.05) is 0 Å². The van der Waals surface area contributed by atoms with Crippen LogP contribution >= 0.6 is 0 Å². The van der Waals surface area contributed by atoms with Crippen molar-refractivity contribution in [3.63, 3.8) is 0 Å². The number of hydrogen-bond acceptors (Lipinski definition) is 1. The van der Waals surface area contributed by atoms with Crippen LogP contribution in [0.2, 0.25) is 0 Å². The molecule has 0 aliphatic rings. The molecule has 0 aliphatic heterocycles. The summed E-state index contributed by atoms with van der Waals surface area (Å²) in [5, 5.41) is 3.47. The van der Waals surface area contributed by atoms with E-state index in [-0.39, 0.29) is 11.6 Å². The van der Waals surface area contributed by atoms with Gasteiger partial charge in [-0.3, -0.25) is 0 Å². The van der Waals surface area contributed by atoms with E-state index in [0.717, 1.165) is 18.4 Å². The molecule has 0 bridgehead atoms. The summed E-state index contributed by atoms with van der Waals surface area (Å²) in [7, 11) is 0. The minimum absolute atomic E-state index is 0.0843. The lowest BCUT2D eigenvalue weighted by molar-refractivity contribution is 0.151. The molecule has 1 nitrogen and oxygen atoms in total. The third-order valence-corrected chi connectivity index (χ3v) is 3.53. The molecule has 2 rings (SSSR count).